The van der Waals surface area contributed by atoms with Gasteiger partial charge in [-0.1, -0.05) is 54.5 Å². The maximum absolute atomic E-state index is 13.9. The van der Waals surface area contributed by atoms with Crippen LogP contribution < -0.4 is 9.96 Å². The van der Waals surface area contributed by atoms with Crippen molar-refractivity contribution < 1.29 is 9.22 Å². The summed E-state index contributed by atoms with van der Waals surface area (Å²) in [4.78, 5) is 0. The molecule has 0 fully saturated rings. The summed E-state index contributed by atoms with van der Waals surface area (Å²) in [7, 11) is -1.12. The molecule has 1 aliphatic rings. The molecule has 1 unspecified atom stereocenters. The van der Waals surface area contributed by atoms with Gasteiger partial charge in [-0.25, -0.2) is 0 Å². The maximum Gasteiger partial charge on any atom is 0.322 e. The predicted molar refractivity (Wildman–Crippen MR) is 101 cm³/mol. The predicted octanol–water partition coefficient (Wildman–Crippen LogP) is 3.58. The van der Waals surface area contributed by atoms with Crippen LogP contribution in [0.25, 0.3) is 0 Å². The summed E-state index contributed by atoms with van der Waals surface area (Å²) < 4.78 is 19.3. The van der Waals surface area contributed by atoms with E-state index in [1.54, 1.807) is 20.2 Å². The van der Waals surface area contributed by atoms with Crippen LogP contribution in [0.2, 0.25) is 0 Å². The molecule has 1 atom stereocenters. The molecule has 0 saturated heterocycles. The Morgan fingerprint density at radius 1 is 1.35 bits per heavy atom. The minimum atomic E-state index is -2.74. The first-order valence-corrected chi connectivity index (χ1v) is 9.48. The zero-order valence-corrected chi connectivity index (χ0v) is 14.2. The minimum absolute atomic E-state index is 0.460. The molecule has 116 valence electrons. The fourth-order valence-electron chi connectivity index (χ4n) is 2.59. The molecule has 4 heteroatoms. The lowest BCUT2D eigenvalue weighted by atomic mass is 10.2. The second-order valence-corrected chi connectivity index (χ2v) is 8.07. The summed E-state index contributed by atoms with van der Waals surface area (Å²) in [5.41, 5.74) is 0. The van der Waals surface area contributed by atoms with Gasteiger partial charge in [0.1, 0.15) is 12.9 Å². The number of hydrogen-bond donors (Lipinski definition) is 0. The number of para-hydroxylation sites is 1. The van der Waals surface area contributed by atoms with E-state index in [2.05, 4.69) is 12.0 Å². The van der Waals surface area contributed by atoms with Crippen molar-refractivity contribution >= 4 is 20.5 Å². The van der Waals surface area contributed by atoms with Gasteiger partial charge >= 0.3 is 8.05 Å². The zero-order valence-electron chi connectivity index (χ0n) is 13.3. The third kappa shape index (κ3) is 4.18. The SMILES string of the molecule is BOc1ccccc1P(=O)(C/C=C\C=C/C#C)C1=CC=CCC1. The molecule has 1 aromatic carbocycles. The van der Waals surface area contributed by atoms with E-state index in [0.717, 1.165) is 23.5 Å². The van der Waals surface area contributed by atoms with Crippen molar-refractivity contribution in [1.29, 1.82) is 0 Å². The maximum atomic E-state index is 13.9. The third-order valence-corrected chi connectivity index (χ3v) is 6.91. The summed E-state index contributed by atoms with van der Waals surface area (Å²) in [6.45, 7) is 0. The van der Waals surface area contributed by atoms with Crippen LogP contribution in [-0.2, 0) is 4.57 Å². The van der Waals surface area contributed by atoms with Gasteiger partial charge < -0.3 is 9.22 Å². The van der Waals surface area contributed by atoms with E-state index in [-0.39, 0.29) is 0 Å². The van der Waals surface area contributed by atoms with Crippen molar-refractivity contribution in [3.8, 4) is 18.1 Å². The van der Waals surface area contributed by atoms with Crippen LogP contribution in [0.5, 0.6) is 5.75 Å². The Morgan fingerprint density at radius 2 is 2.17 bits per heavy atom. The van der Waals surface area contributed by atoms with Crippen molar-refractivity contribution in [2.45, 2.75) is 12.8 Å². The standard InChI is InChI=1S/C19H20BO2P/c1-2-3-4-5-11-16-23(21,17-12-7-6-8-13-17)19-15-10-9-14-18(19)22-20/h1,3-7,9-12,14-15H,8,13,16,20H2/b4-3-,11-5-. The molecule has 2 rings (SSSR count). The highest BCUT2D eigenvalue weighted by Crippen LogP contribution is 2.56. The molecule has 0 heterocycles. The Balaban J connectivity index is 2.43. The Morgan fingerprint density at radius 3 is 2.87 bits per heavy atom. The number of rotatable bonds is 6. The van der Waals surface area contributed by atoms with E-state index in [1.165, 1.54) is 0 Å². The highest BCUT2D eigenvalue weighted by atomic mass is 31.2. The molecule has 1 aliphatic carbocycles. The Kier molecular flexibility index (Phi) is 6.33. The number of allylic oxidation sites excluding steroid dienone is 8. The highest BCUT2D eigenvalue weighted by molar-refractivity contribution is 7.75. The molecule has 0 amide bonds. The third-order valence-electron chi connectivity index (χ3n) is 3.73. The molecule has 0 aliphatic heterocycles. The number of terminal acetylenes is 1. The first-order chi connectivity index (χ1) is 11.2. The lowest BCUT2D eigenvalue weighted by molar-refractivity contribution is 0.582. The van der Waals surface area contributed by atoms with Gasteiger partial charge in [-0.05, 0) is 36.4 Å². The van der Waals surface area contributed by atoms with E-state index in [1.807, 2.05) is 48.6 Å². The Hall–Kier alpha value is -2.17. The normalized spacial score (nSPS) is 16.9. The van der Waals surface area contributed by atoms with Crippen LogP contribution >= 0.6 is 7.14 Å². The van der Waals surface area contributed by atoms with E-state index in [4.69, 9.17) is 11.1 Å². The van der Waals surface area contributed by atoms with E-state index < -0.39 is 7.14 Å². The van der Waals surface area contributed by atoms with Crippen LogP contribution in [-0.4, -0.2) is 14.2 Å². The molecule has 0 spiro atoms. The molecule has 2 nitrogen and oxygen atoms in total. The summed E-state index contributed by atoms with van der Waals surface area (Å²) in [5.74, 6) is 3.12. The van der Waals surface area contributed by atoms with Gasteiger partial charge in [-0.2, -0.15) is 0 Å². The van der Waals surface area contributed by atoms with Gasteiger partial charge in [0, 0.05) is 6.16 Å². The molecule has 1 aromatic rings. The van der Waals surface area contributed by atoms with E-state index in [9.17, 15) is 4.57 Å². The Labute approximate surface area is 139 Å². The van der Waals surface area contributed by atoms with Crippen molar-refractivity contribution in [3.63, 3.8) is 0 Å². The fourth-order valence-corrected chi connectivity index (χ4v) is 5.41. The highest BCUT2D eigenvalue weighted by Gasteiger charge is 2.30. The van der Waals surface area contributed by atoms with Crippen LogP contribution in [0.4, 0.5) is 0 Å². The quantitative estimate of drug-likeness (QED) is 0.346. The Bertz CT molecular complexity index is 751. The smallest absolute Gasteiger partial charge is 0.322 e. The average Bonchev–Trinajstić information content (AvgIpc) is 2.62. The van der Waals surface area contributed by atoms with E-state index in [0.29, 0.717) is 11.9 Å². The average molecular weight is 322 g/mol. The molecule has 23 heavy (non-hydrogen) atoms. The fraction of sp³-hybridized carbons (Fsp3) is 0.158. The topological polar surface area (TPSA) is 26.3 Å². The summed E-state index contributed by atoms with van der Waals surface area (Å²) in [6, 6.07) is 7.58. The van der Waals surface area contributed by atoms with Gasteiger partial charge in [0.2, 0.25) is 0 Å². The summed E-state index contributed by atoms with van der Waals surface area (Å²) in [6.07, 6.45) is 20.6. The van der Waals surface area contributed by atoms with Crippen LogP contribution in [0, 0.1) is 12.3 Å². The summed E-state index contributed by atoms with van der Waals surface area (Å²) >= 11 is 0. The monoisotopic (exact) mass is 322 g/mol. The first kappa shape index (κ1) is 17.2. The first-order valence-electron chi connectivity index (χ1n) is 7.59. The molecule has 0 radical (unpaired) electrons. The van der Waals surface area contributed by atoms with Gasteiger partial charge in [-0.15, -0.1) is 6.42 Å². The molecule has 0 aromatic heterocycles. The molecule has 0 N–H and O–H groups in total. The minimum Gasteiger partial charge on any atom is -0.567 e. The van der Waals surface area contributed by atoms with Gasteiger partial charge in [0.15, 0.2) is 0 Å². The van der Waals surface area contributed by atoms with Crippen molar-refractivity contribution in [2.24, 2.45) is 0 Å². The van der Waals surface area contributed by atoms with Crippen LogP contribution in [0.1, 0.15) is 12.8 Å². The lowest BCUT2D eigenvalue weighted by Crippen LogP contribution is -2.13. The number of benzene rings is 1. The molecule has 0 bridgehead atoms. The molecule has 0 saturated carbocycles. The lowest BCUT2D eigenvalue weighted by Gasteiger charge is -2.24. The van der Waals surface area contributed by atoms with E-state index >= 15 is 0 Å². The van der Waals surface area contributed by atoms with Crippen molar-refractivity contribution in [2.75, 3.05) is 6.16 Å². The molecular formula is C19H20BO2P. The zero-order chi connectivity index (χ0) is 16.5. The van der Waals surface area contributed by atoms with Gasteiger partial charge in [0.25, 0.3) is 0 Å². The largest absolute Gasteiger partial charge is 0.567 e. The van der Waals surface area contributed by atoms with Crippen molar-refractivity contribution in [1.82, 2.24) is 0 Å². The van der Waals surface area contributed by atoms with Crippen LogP contribution in [0.3, 0.4) is 0 Å². The van der Waals surface area contributed by atoms with Gasteiger partial charge in [-0.3, -0.25) is 0 Å². The summed E-state index contributed by atoms with van der Waals surface area (Å²) in [5, 5.41) is 1.78. The second kappa shape index (κ2) is 8.46. The second-order valence-electron chi connectivity index (χ2n) is 5.17. The van der Waals surface area contributed by atoms with Crippen LogP contribution in [0.15, 0.2) is 72.1 Å². The van der Waals surface area contributed by atoms with Crippen molar-refractivity contribution in [3.05, 3.63) is 72.1 Å². The number of hydrogen-bond acceptors (Lipinski definition) is 2. The molecular weight excluding hydrogens is 302 g/mol. The van der Waals surface area contributed by atoms with Gasteiger partial charge in [0.05, 0.1) is 5.30 Å².